The molecule has 1 aromatic heterocycles. The van der Waals surface area contributed by atoms with Crippen molar-refractivity contribution in [2.24, 2.45) is 0 Å². The quantitative estimate of drug-likeness (QED) is 0.340. The van der Waals surface area contributed by atoms with Crippen molar-refractivity contribution in [2.75, 3.05) is 7.11 Å². The molecular formula is C24H17Cl2N3O2. The van der Waals surface area contributed by atoms with Gasteiger partial charge >= 0.3 is 0 Å². The maximum absolute atomic E-state index is 9.77. The molecule has 0 aliphatic carbocycles. The Morgan fingerprint density at radius 3 is 2.71 bits per heavy atom. The van der Waals surface area contributed by atoms with Gasteiger partial charge in [-0.3, -0.25) is 0 Å². The molecule has 154 valence electrons. The number of ether oxygens (including phenoxy) is 2. The van der Waals surface area contributed by atoms with Gasteiger partial charge in [-0.1, -0.05) is 53.5 Å². The number of nitrogens with one attached hydrogen (secondary N) is 1. The Bertz CT molecular complexity index is 1290. The number of aromatic amines is 1. The third-order valence-corrected chi connectivity index (χ3v) is 5.27. The first-order valence-electron chi connectivity index (χ1n) is 9.39. The Morgan fingerprint density at radius 1 is 1.13 bits per heavy atom. The second kappa shape index (κ2) is 9.13. The fraction of sp³-hybridized carbons (Fsp3) is 0.0833. The molecule has 0 atom stereocenters. The van der Waals surface area contributed by atoms with Crippen LogP contribution in [-0.4, -0.2) is 17.1 Å². The van der Waals surface area contributed by atoms with Crippen molar-refractivity contribution in [2.45, 2.75) is 6.61 Å². The first-order valence-corrected chi connectivity index (χ1v) is 10.2. The van der Waals surface area contributed by atoms with E-state index in [1.165, 1.54) is 0 Å². The van der Waals surface area contributed by atoms with E-state index < -0.39 is 0 Å². The van der Waals surface area contributed by atoms with E-state index in [9.17, 15) is 5.26 Å². The number of rotatable bonds is 6. The van der Waals surface area contributed by atoms with Crippen molar-refractivity contribution in [3.8, 4) is 17.6 Å². The van der Waals surface area contributed by atoms with Crippen LogP contribution in [0.5, 0.6) is 11.5 Å². The molecule has 0 aliphatic heterocycles. The lowest BCUT2D eigenvalue weighted by molar-refractivity contribution is 0.284. The highest BCUT2D eigenvalue weighted by Gasteiger charge is 2.14. The molecule has 0 aliphatic rings. The van der Waals surface area contributed by atoms with Crippen LogP contribution >= 0.6 is 23.2 Å². The molecule has 0 saturated heterocycles. The standard InChI is InChI=1S/C24H17Cl2N3O2/c1-30-22-8-4-5-15(23(22)31-14-16-9-10-18(25)12-19(16)26)11-17(13-27)24-28-20-6-2-3-7-21(20)29-24/h2-12H,14H2,1H3,(H,28,29)/b17-11+. The fourth-order valence-electron chi connectivity index (χ4n) is 3.14. The maximum Gasteiger partial charge on any atom is 0.168 e. The van der Waals surface area contributed by atoms with E-state index in [4.69, 9.17) is 32.7 Å². The summed E-state index contributed by atoms with van der Waals surface area (Å²) in [6.45, 7) is 0.212. The minimum atomic E-state index is 0.212. The summed E-state index contributed by atoms with van der Waals surface area (Å²) in [7, 11) is 1.56. The predicted octanol–water partition coefficient (Wildman–Crippen LogP) is 6.52. The highest BCUT2D eigenvalue weighted by atomic mass is 35.5. The van der Waals surface area contributed by atoms with Crippen molar-refractivity contribution in [3.63, 3.8) is 0 Å². The summed E-state index contributed by atoms with van der Waals surface area (Å²) in [5.74, 6) is 1.53. The van der Waals surface area contributed by atoms with Gasteiger partial charge in [0.2, 0.25) is 0 Å². The monoisotopic (exact) mass is 449 g/mol. The molecule has 0 saturated carbocycles. The smallest absolute Gasteiger partial charge is 0.168 e. The van der Waals surface area contributed by atoms with Gasteiger partial charge in [0.1, 0.15) is 18.5 Å². The normalized spacial score (nSPS) is 11.4. The summed E-state index contributed by atoms with van der Waals surface area (Å²) >= 11 is 12.2. The Hall–Kier alpha value is -3.46. The van der Waals surface area contributed by atoms with E-state index in [0.29, 0.717) is 38.5 Å². The zero-order chi connectivity index (χ0) is 21.8. The second-order valence-corrected chi connectivity index (χ2v) is 7.52. The number of para-hydroxylation sites is 3. The van der Waals surface area contributed by atoms with E-state index >= 15 is 0 Å². The minimum absolute atomic E-state index is 0.212. The molecule has 0 unspecified atom stereocenters. The molecule has 0 fully saturated rings. The maximum atomic E-state index is 9.77. The average Bonchev–Trinajstić information content (AvgIpc) is 3.21. The molecule has 0 radical (unpaired) electrons. The van der Waals surface area contributed by atoms with Crippen LogP contribution in [0.3, 0.4) is 0 Å². The highest BCUT2D eigenvalue weighted by molar-refractivity contribution is 6.35. The number of aromatic nitrogens is 2. The van der Waals surface area contributed by atoms with E-state index in [1.807, 2.05) is 42.5 Å². The number of imidazole rings is 1. The summed E-state index contributed by atoms with van der Waals surface area (Å²) in [6.07, 6.45) is 1.72. The third kappa shape index (κ3) is 4.51. The number of benzene rings is 3. The molecule has 1 heterocycles. The van der Waals surface area contributed by atoms with Gasteiger partial charge in [0.05, 0.1) is 23.7 Å². The predicted molar refractivity (Wildman–Crippen MR) is 123 cm³/mol. The fourth-order valence-corrected chi connectivity index (χ4v) is 3.60. The summed E-state index contributed by atoms with van der Waals surface area (Å²) < 4.78 is 11.5. The van der Waals surface area contributed by atoms with E-state index in [2.05, 4.69) is 16.0 Å². The third-order valence-electron chi connectivity index (χ3n) is 4.68. The van der Waals surface area contributed by atoms with Gasteiger partial charge in [-0.25, -0.2) is 4.98 Å². The second-order valence-electron chi connectivity index (χ2n) is 6.68. The number of methoxy groups -OCH3 is 1. The van der Waals surface area contributed by atoms with E-state index in [0.717, 1.165) is 16.6 Å². The van der Waals surface area contributed by atoms with Gasteiger partial charge in [0, 0.05) is 21.2 Å². The van der Waals surface area contributed by atoms with Crippen LogP contribution in [-0.2, 0) is 6.61 Å². The average molecular weight is 450 g/mol. The Labute approximate surface area is 189 Å². The lowest BCUT2D eigenvalue weighted by atomic mass is 10.1. The summed E-state index contributed by atoms with van der Waals surface area (Å²) in [5, 5.41) is 10.8. The zero-order valence-corrected chi connectivity index (χ0v) is 18.0. The van der Waals surface area contributed by atoms with Gasteiger partial charge in [-0.15, -0.1) is 0 Å². The summed E-state index contributed by atoms with van der Waals surface area (Å²) in [4.78, 5) is 7.70. The molecular weight excluding hydrogens is 433 g/mol. The Morgan fingerprint density at radius 2 is 1.97 bits per heavy atom. The van der Waals surface area contributed by atoms with Gasteiger partial charge in [-0.05, 0) is 36.4 Å². The van der Waals surface area contributed by atoms with Crippen LogP contribution in [0.2, 0.25) is 10.0 Å². The number of nitriles is 1. The molecule has 0 bridgehead atoms. The number of halogens is 2. The SMILES string of the molecule is COc1cccc(/C=C(\C#N)c2nc3ccccc3[nH]2)c1OCc1ccc(Cl)cc1Cl. The Kier molecular flexibility index (Phi) is 6.13. The van der Waals surface area contributed by atoms with Gasteiger partial charge < -0.3 is 14.5 Å². The van der Waals surface area contributed by atoms with Crippen LogP contribution in [0.4, 0.5) is 0 Å². The highest BCUT2D eigenvalue weighted by Crippen LogP contribution is 2.35. The molecule has 0 spiro atoms. The number of hydrogen-bond acceptors (Lipinski definition) is 4. The number of H-pyrrole nitrogens is 1. The van der Waals surface area contributed by atoms with Crippen molar-refractivity contribution in [3.05, 3.63) is 87.7 Å². The van der Waals surface area contributed by atoms with Gasteiger partial charge in [-0.2, -0.15) is 5.26 Å². The molecule has 5 nitrogen and oxygen atoms in total. The Balaban J connectivity index is 1.71. The number of fused-ring (bicyclic) bond motifs is 1. The molecule has 4 rings (SSSR count). The van der Waals surface area contributed by atoms with Crippen LogP contribution in [0, 0.1) is 11.3 Å². The van der Waals surface area contributed by atoms with Crippen molar-refractivity contribution < 1.29 is 9.47 Å². The molecule has 0 amide bonds. The lowest BCUT2D eigenvalue weighted by Gasteiger charge is -2.14. The zero-order valence-electron chi connectivity index (χ0n) is 16.5. The molecule has 4 aromatic rings. The summed E-state index contributed by atoms with van der Waals surface area (Å²) in [5.41, 5.74) is 3.49. The van der Waals surface area contributed by atoms with Crippen LogP contribution in [0.1, 0.15) is 17.0 Å². The lowest BCUT2D eigenvalue weighted by Crippen LogP contribution is -2.00. The summed E-state index contributed by atoms with van der Waals surface area (Å²) in [6, 6.07) is 20.5. The number of allylic oxidation sites excluding steroid dienone is 1. The number of nitrogens with zero attached hydrogens (tertiary/aromatic N) is 2. The van der Waals surface area contributed by atoms with Gasteiger partial charge in [0.15, 0.2) is 11.5 Å². The molecule has 3 aromatic carbocycles. The molecule has 1 N–H and O–H groups in total. The number of hydrogen-bond donors (Lipinski definition) is 1. The van der Waals surface area contributed by atoms with Crippen molar-refractivity contribution >= 4 is 45.9 Å². The van der Waals surface area contributed by atoms with E-state index in [-0.39, 0.29) is 6.61 Å². The first kappa shape index (κ1) is 20.8. The molecule has 31 heavy (non-hydrogen) atoms. The van der Waals surface area contributed by atoms with Crippen LogP contribution in [0.25, 0.3) is 22.7 Å². The first-order chi connectivity index (χ1) is 15.1. The van der Waals surface area contributed by atoms with Crippen LogP contribution < -0.4 is 9.47 Å². The van der Waals surface area contributed by atoms with Crippen molar-refractivity contribution in [1.82, 2.24) is 9.97 Å². The van der Waals surface area contributed by atoms with E-state index in [1.54, 1.807) is 31.4 Å². The van der Waals surface area contributed by atoms with Crippen LogP contribution in [0.15, 0.2) is 60.7 Å². The van der Waals surface area contributed by atoms with Gasteiger partial charge in [0.25, 0.3) is 0 Å². The minimum Gasteiger partial charge on any atom is -0.493 e. The topological polar surface area (TPSA) is 70.9 Å². The van der Waals surface area contributed by atoms with Crippen molar-refractivity contribution in [1.29, 1.82) is 5.26 Å². The molecule has 7 heteroatoms. The largest absolute Gasteiger partial charge is 0.493 e.